The van der Waals surface area contributed by atoms with Gasteiger partial charge in [-0.2, -0.15) is 4.31 Å². The summed E-state index contributed by atoms with van der Waals surface area (Å²) in [6.45, 7) is 2.41. The van der Waals surface area contributed by atoms with Gasteiger partial charge in [-0.1, -0.05) is 0 Å². The van der Waals surface area contributed by atoms with E-state index in [1.165, 1.54) is 4.31 Å². The number of morpholine rings is 1. The van der Waals surface area contributed by atoms with E-state index in [-0.39, 0.29) is 36.7 Å². The van der Waals surface area contributed by atoms with Crippen molar-refractivity contribution in [1.82, 2.24) is 9.29 Å². The Morgan fingerprint density at radius 2 is 2.32 bits per heavy atom. The summed E-state index contributed by atoms with van der Waals surface area (Å²) in [6, 6.07) is 0.683. The molecule has 6 nitrogen and oxygen atoms in total. The maximum atomic E-state index is 13.1. The molecule has 0 bridgehead atoms. The predicted octanol–water partition coefficient (Wildman–Crippen LogP) is -0.0426. The van der Waals surface area contributed by atoms with Gasteiger partial charge in [0.1, 0.15) is 10.7 Å². The number of hydrogen-bond acceptors (Lipinski definition) is 5. The van der Waals surface area contributed by atoms with Gasteiger partial charge in [-0.3, -0.25) is 4.98 Å². The van der Waals surface area contributed by atoms with Crippen molar-refractivity contribution in [3.05, 3.63) is 24.3 Å². The molecule has 1 fully saturated rings. The van der Waals surface area contributed by atoms with Gasteiger partial charge in [-0.05, 0) is 13.0 Å². The van der Waals surface area contributed by atoms with Crippen LogP contribution in [0, 0.1) is 5.82 Å². The van der Waals surface area contributed by atoms with Gasteiger partial charge < -0.3 is 10.5 Å². The Hall–Kier alpha value is -1.09. The molecule has 1 aromatic rings. The molecule has 1 saturated heterocycles. The van der Waals surface area contributed by atoms with Gasteiger partial charge >= 0.3 is 0 Å². The molecule has 0 radical (unpaired) electrons. The highest BCUT2D eigenvalue weighted by Crippen LogP contribution is 2.19. The second-order valence-electron chi connectivity index (χ2n) is 4.47. The first-order valence-electron chi connectivity index (χ1n) is 5.89. The molecule has 1 aliphatic heterocycles. The highest BCUT2D eigenvalue weighted by atomic mass is 32.2. The van der Waals surface area contributed by atoms with Crippen LogP contribution in [0.1, 0.15) is 6.92 Å². The third-order valence-corrected chi connectivity index (χ3v) is 4.79. The van der Waals surface area contributed by atoms with Crippen LogP contribution < -0.4 is 5.73 Å². The lowest BCUT2D eigenvalue weighted by Crippen LogP contribution is -2.51. The molecule has 2 atom stereocenters. The molecule has 19 heavy (non-hydrogen) atoms. The summed E-state index contributed by atoms with van der Waals surface area (Å²) in [5.74, 6) is -0.682. The van der Waals surface area contributed by atoms with Crippen molar-refractivity contribution in [3.63, 3.8) is 0 Å². The van der Waals surface area contributed by atoms with Crippen molar-refractivity contribution in [2.24, 2.45) is 5.73 Å². The summed E-state index contributed by atoms with van der Waals surface area (Å²) < 4.78 is 44.4. The van der Waals surface area contributed by atoms with Crippen LogP contribution in [0.2, 0.25) is 0 Å². The van der Waals surface area contributed by atoms with Gasteiger partial charge in [0, 0.05) is 25.3 Å². The Morgan fingerprint density at radius 1 is 1.58 bits per heavy atom. The smallest absolute Gasteiger partial charge is 0.244 e. The molecule has 0 aliphatic carbocycles. The van der Waals surface area contributed by atoms with E-state index in [0.717, 1.165) is 18.5 Å². The number of sulfonamides is 1. The zero-order valence-corrected chi connectivity index (χ0v) is 11.3. The normalized spacial score (nSPS) is 23.2. The quantitative estimate of drug-likeness (QED) is 0.843. The fraction of sp³-hybridized carbons (Fsp3) is 0.545. The van der Waals surface area contributed by atoms with Crippen LogP contribution in [0.5, 0.6) is 0 Å². The fourth-order valence-electron chi connectivity index (χ4n) is 1.87. The maximum Gasteiger partial charge on any atom is 0.244 e. The largest absolute Gasteiger partial charge is 0.374 e. The summed E-state index contributed by atoms with van der Waals surface area (Å²) in [6.07, 6.45) is 1.74. The number of halogens is 1. The first-order chi connectivity index (χ1) is 8.91. The molecule has 0 spiro atoms. The third kappa shape index (κ3) is 3.08. The van der Waals surface area contributed by atoms with Crippen molar-refractivity contribution in [1.29, 1.82) is 0 Å². The summed E-state index contributed by atoms with van der Waals surface area (Å²) in [4.78, 5) is 3.41. The second kappa shape index (κ2) is 5.49. The van der Waals surface area contributed by atoms with E-state index in [4.69, 9.17) is 10.5 Å². The lowest BCUT2D eigenvalue weighted by Gasteiger charge is -2.33. The molecular weight excluding hydrogens is 273 g/mol. The molecule has 1 aromatic heterocycles. The molecule has 0 saturated carbocycles. The standard InChI is InChI=1S/C11H16FN3O3S/c1-8(13)11-7-15(2-3-18-11)19(16,17)10-4-9(12)5-14-6-10/h4-6,8,11H,2-3,7,13H2,1H3. The van der Waals surface area contributed by atoms with Crippen molar-refractivity contribution in [3.8, 4) is 0 Å². The van der Waals surface area contributed by atoms with Crippen LogP contribution in [-0.4, -0.2) is 49.5 Å². The van der Waals surface area contributed by atoms with E-state index in [9.17, 15) is 12.8 Å². The van der Waals surface area contributed by atoms with E-state index in [0.29, 0.717) is 0 Å². The predicted molar refractivity (Wildman–Crippen MR) is 66.3 cm³/mol. The average molecular weight is 289 g/mol. The second-order valence-corrected chi connectivity index (χ2v) is 6.41. The molecule has 2 N–H and O–H groups in total. The van der Waals surface area contributed by atoms with E-state index >= 15 is 0 Å². The maximum absolute atomic E-state index is 13.1. The zero-order chi connectivity index (χ0) is 14.0. The summed E-state index contributed by atoms with van der Waals surface area (Å²) in [5.41, 5.74) is 5.72. The first kappa shape index (κ1) is 14.3. The van der Waals surface area contributed by atoms with Crippen molar-refractivity contribution >= 4 is 10.0 Å². The Labute approximate surface area is 111 Å². The van der Waals surface area contributed by atoms with Crippen LogP contribution in [0.4, 0.5) is 4.39 Å². The number of hydrogen-bond donors (Lipinski definition) is 1. The molecule has 2 unspecified atom stereocenters. The van der Waals surface area contributed by atoms with Crippen LogP contribution in [0.25, 0.3) is 0 Å². The number of pyridine rings is 1. The Balaban J connectivity index is 2.24. The van der Waals surface area contributed by atoms with Crippen LogP contribution in [0.3, 0.4) is 0 Å². The first-order valence-corrected chi connectivity index (χ1v) is 7.33. The number of nitrogens with zero attached hydrogens (tertiary/aromatic N) is 2. The van der Waals surface area contributed by atoms with Gasteiger partial charge in [-0.25, -0.2) is 12.8 Å². The fourth-order valence-corrected chi connectivity index (χ4v) is 3.28. The van der Waals surface area contributed by atoms with Crippen molar-refractivity contribution < 1.29 is 17.5 Å². The SMILES string of the molecule is CC(N)C1CN(S(=O)(=O)c2cncc(F)c2)CCO1. The minimum atomic E-state index is -3.76. The molecule has 8 heteroatoms. The lowest BCUT2D eigenvalue weighted by molar-refractivity contribution is -0.0120. The highest BCUT2D eigenvalue weighted by Gasteiger charge is 2.32. The topological polar surface area (TPSA) is 85.5 Å². The molecular formula is C11H16FN3O3S. The molecule has 2 heterocycles. The minimum Gasteiger partial charge on any atom is -0.374 e. The van der Waals surface area contributed by atoms with E-state index < -0.39 is 15.8 Å². The van der Waals surface area contributed by atoms with Gasteiger partial charge in [0.2, 0.25) is 10.0 Å². The highest BCUT2D eigenvalue weighted by molar-refractivity contribution is 7.89. The number of aromatic nitrogens is 1. The third-order valence-electron chi connectivity index (χ3n) is 2.96. The van der Waals surface area contributed by atoms with Gasteiger partial charge in [0.15, 0.2) is 0 Å². The van der Waals surface area contributed by atoms with E-state index in [2.05, 4.69) is 4.98 Å². The summed E-state index contributed by atoms with van der Waals surface area (Å²) >= 11 is 0. The number of ether oxygens (including phenoxy) is 1. The average Bonchev–Trinajstić information content (AvgIpc) is 2.39. The van der Waals surface area contributed by atoms with Crippen molar-refractivity contribution in [2.75, 3.05) is 19.7 Å². The summed E-state index contributed by atoms with van der Waals surface area (Å²) in [5, 5.41) is 0. The van der Waals surface area contributed by atoms with Crippen molar-refractivity contribution in [2.45, 2.75) is 24.0 Å². The Bertz CT molecular complexity index is 550. The Kier molecular flexibility index (Phi) is 4.14. The summed E-state index contributed by atoms with van der Waals surface area (Å²) in [7, 11) is -3.76. The van der Waals surface area contributed by atoms with Gasteiger partial charge in [0.25, 0.3) is 0 Å². The molecule has 0 aromatic carbocycles. The van der Waals surface area contributed by atoms with E-state index in [1.807, 2.05) is 0 Å². The van der Waals surface area contributed by atoms with Crippen LogP contribution in [0.15, 0.2) is 23.4 Å². The van der Waals surface area contributed by atoms with Gasteiger partial charge in [0.05, 0.1) is 18.9 Å². The molecule has 106 valence electrons. The van der Waals surface area contributed by atoms with Crippen LogP contribution >= 0.6 is 0 Å². The van der Waals surface area contributed by atoms with E-state index in [1.54, 1.807) is 6.92 Å². The monoisotopic (exact) mass is 289 g/mol. The lowest BCUT2D eigenvalue weighted by atomic mass is 10.2. The molecule has 2 rings (SSSR count). The zero-order valence-electron chi connectivity index (χ0n) is 10.5. The number of rotatable bonds is 3. The number of nitrogens with two attached hydrogens (primary N) is 1. The minimum absolute atomic E-state index is 0.155. The van der Waals surface area contributed by atoms with Crippen LogP contribution in [-0.2, 0) is 14.8 Å². The molecule has 0 amide bonds. The van der Waals surface area contributed by atoms with Gasteiger partial charge in [-0.15, -0.1) is 0 Å². The molecule has 1 aliphatic rings. The Morgan fingerprint density at radius 3 is 2.95 bits per heavy atom.